The molecule has 0 saturated carbocycles. The molecule has 71 heavy (non-hydrogen) atoms. The highest BCUT2D eigenvalue weighted by molar-refractivity contribution is 5.71. The Bertz CT molecular complexity index is 1370. The molecule has 0 aromatic carbocycles. The van der Waals surface area contributed by atoms with Crippen molar-refractivity contribution < 1.29 is 28.6 Å². The normalized spacial score (nSPS) is 12.7. The van der Waals surface area contributed by atoms with Crippen molar-refractivity contribution in [2.75, 3.05) is 13.2 Å². The fraction of sp³-hybridized carbons (Fsp3) is 0.738. The Balaban J connectivity index is 4.45. The summed E-state index contributed by atoms with van der Waals surface area (Å²) in [5.74, 6) is -0.954. The highest BCUT2D eigenvalue weighted by atomic mass is 16.6. The van der Waals surface area contributed by atoms with Crippen LogP contribution in [-0.4, -0.2) is 37.2 Å². The van der Waals surface area contributed by atoms with Crippen molar-refractivity contribution in [3.05, 3.63) is 85.1 Å². The van der Waals surface area contributed by atoms with Crippen molar-refractivity contribution >= 4 is 17.9 Å². The molecule has 1 unspecified atom stereocenters. The average Bonchev–Trinajstić information content (AvgIpc) is 3.37. The molecule has 0 aliphatic rings. The van der Waals surface area contributed by atoms with Gasteiger partial charge in [0.05, 0.1) is 0 Å². The quantitative estimate of drug-likeness (QED) is 0.0261. The Morgan fingerprint density at radius 3 is 0.915 bits per heavy atom. The highest BCUT2D eigenvalue weighted by Gasteiger charge is 2.19. The van der Waals surface area contributed by atoms with Crippen LogP contribution in [0.5, 0.6) is 0 Å². The molecule has 0 radical (unpaired) electrons. The third-order valence-electron chi connectivity index (χ3n) is 12.9. The first-order valence-electron chi connectivity index (χ1n) is 30.1. The third kappa shape index (κ3) is 57.4. The Hall–Kier alpha value is -3.41. The maximum Gasteiger partial charge on any atom is 0.306 e. The second-order valence-electron chi connectivity index (χ2n) is 19.9. The van der Waals surface area contributed by atoms with Gasteiger partial charge in [-0.15, -0.1) is 0 Å². The van der Waals surface area contributed by atoms with E-state index in [1.807, 2.05) is 0 Å². The van der Waals surface area contributed by atoms with E-state index < -0.39 is 6.10 Å². The van der Waals surface area contributed by atoms with Gasteiger partial charge in [0, 0.05) is 19.3 Å². The summed E-state index contributed by atoms with van der Waals surface area (Å²) in [6, 6.07) is 0. The fourth-order valence-electron chi connectivity index (χ4n) is 8.35. The maximum atomic E-state index is 12.9. The molecule has 0 fully saturated rings. The Morgan fingerprint density at radius 2 is 0.563 bits per heavy atom. The molecular weight excluding hydrogens is 877 g/mol. The zero-order valence-corrected chi connectivity index (χ0v) is 46.7. The second kappa shape index (κ2) is 59.2. The molecule has 0 aliphatic heterocycles. The van der Waals surface area contributed by atoms with Crippen molar-refractivity contribution in [2.24, 2.45) is 0 Å². The molecule has 0 aromatic rings. The summed E-state index contributed by atoms with van der Waals surface area (Å²) in [6.45, 7) is 6.49. The van der Waals surface area contributed by atoms with E-state index in [9.17, 15) is 14.4 Å². The average molecular weight is 990 g/mol. The van der Waals surface area contributed by atoms with Crippen LogP contribution in [0.25, 0.3) is 0 Å². The standard InChI is InChI=1S/C65H112O6/c1-4-7-10-13-16-19-22-25-28-31-32-35-37-40-43-46-49-52-55-58-64(67)70-61-62(71-65(68)59-56-53-50-47-44-41-38-34-30-27-24-21-18-15-12-9-6-3)60-69-63(66)57-54-51-48-45-42-39-36-33-29-26-23-20-17-14-11-8-5-2/h7,10,16,19,25-30,38,41,47,50,62H,4-6,8-9,11-15,17-18,20-24,31-37,39-40,42-46,48-49,51-61H2,1-3H3/b10-7-,19-16-,28-25-,29-26-,30-27-,41-38-,50-47-. The first-order chi connectivity index (χ1) is 35.0. The fourth-order valence-corrected chi connectivity index (χ4v) is 8.35. The third-order valence-corrected chi connectivity index (χ3v) is 12.9. The van der Waals surface area contributed by atoms with E-state index in [1.54, 1.807) is 0 Å². The smallest absolute Gasteiger partial charge is 0.306 e. The van der Waals surface area contributed by atoms with Crippen molar-refractivity contribution in [1.82, 2.24) is 0 Å². The molecule has 0 saturated heterocycles. The molecule has 0 heterocycles. The number of ether oxygens (including phenoxy) is 3. The van der Waals surface area contributed by atoms with E-state index in [0.717, 1.165) is 77.0 Å². The number of carbonyl (C=O) groups excluding carboxylic acids is 3. The van der Waals surface area contributed by atoms with E-state index >= 15 is 0 Å². The molecule has 0 N–H and O–H groups in total. The minimum atomic E-state index is -0.808. The Morgan fingerprint density at radius 1 is 0.296 bits per heavy atom. The van der Waals surface area contributed by atoms with Crippen LogP contribution >= 0.6 is 0 Å². The summed E-state index contributed by atoms with van der Waals surface area (Å²) in [5, 5.41) is 0. The maximum absolute atomic E-state index is 12.9. The molecule has 0 rings (SSSR count). The van der Waals surface area contributed by atoms with Crippen molar-refractivity contribution in [3.63, 3.8) is 0 Å². The number of carbonyl (C=O) groups is 3. The molecule has 0 bridgehead atoms. The highest BCUT2D eigenvalue weighted by Crippen LogP contribution is 2.15. The van der Waals surface area contributed by atoms with Gasteiger partial charge in [-0.3, -0.25) is 14.4 Å². The predicted octanol–water partition coefficient (Wildman–Crippen LogP) is 20.3. The van der Waals surface area contributed by atoms with E-state index in [-0.39, 0.29) is 37.5 Å². The molecule has 0 aliphatic carbocycles. The Labute approximate surface area is 439 Å². The van der Waals surface area contributed by atoms with Crippen LogP contribution in [0, 0.1) is 0 Å². The summed E-state index contributed by atoms with van der Waals surface area (Å²) >= 11 is 0. The molecule has 408 valence electrons. The minimum Gasteiger partial charge on any atom is -0.462 e. The van der Waals surface area contributed by atoms with E-state index in [4.69, 9.17) is 14.2 Å². The van der Waals surface area contributed by atoms with Gasteiger partial charge in [-0.05, 0) is 109 Å². The van der Waals surface area contributed by atoms with Gasteiger partial charge in [0.1, 0.15) is 13.2 Å². The molecule has 0 aromatic heterocycles. The van der Waals surface area contributed by atoms with Crippen LogP contribution in [0.3, 0.4) is 0 Å². The molecule has 0 amide bonds. The zero-order chi connectivity index (χ0) is 51.4. The SMILES string of the molecule is CC/C=C\C/C=C\C/C=C\CCCCCCCCCCCC(=O)OCC(COC(=O)CCCCCCCCC/C=C\CCCCCCCC)OC(=O)CCC/C=C\C/C=C\C/C=C\CCCCCCCC. The van der Waals surface area contributed by atoms with Crippen LogP contribution < -0.4 is 0 Å². The first-order valence-corrected chi connectivity index (χ1v) is 30.1. The van der Waals surface area contributed by atoms with E-state index in [2.05, 4.69) is 106 Å². The first kappa shape index (κ1) is 67.6. The number of esters is 3. The molecule has 1 atom stereocenters. The summed E-state index contributed by atoms with van der Waals surface area (Å²) in [5.41, 5.74) is 0. The Kier molecular flexibility index (Phi) is 56.3. The number of rotatable bonds is 54. The van der Waals surface area contributed by atoms with Gasteiger partial charge in [0.15, 0.2) is 6.10 Å². The molecule has 6 heteroatoms. The van der Waals surface area contributed by atoms with Crippen LogP contribution in [0.4, 0.5) is 0 Å². The van der Waals surface area contributed by atoms with Crippen LogP contribution in [-0.2, 0) is 28.6 Å². The topological polar surface area (TPSA) is 78.9 Å². The lowest BCUT2D eigenvalue weighted by Crippen LogP contribution is -2.30. The minimum absolute atomic E-state index is 0.0997. The lowest BCUT2D eigenvalue weighted by Gasteiger charge is -2.18. The molecule has 6 nitrogen and oxygen atoms in total. The predicted molar refractivity (Wildman–Crippen MR) is 307 cm³/mol. The molecular formula is C65H112O6. The van der Waals surface area contributed by atoms with Crippen molar-refractivity contribution in [1.29, 1.82) is 0 Å². The number of hydrogen-bond acceptors (Lipinski definition) is 6. The van der Waals surface area contributed by atoms with Gasteiger partial charge in [-0.1, -0.05) is 247 Å². The van der Waals surface area contributed by atoms with Crippen LogP contribution in [0.15, 0.2) is 85.1 Å². The second-order valence-corrected chi connectivity index (χ2v) is 19.9. The summed E-state index contributed by atoms with van der Waals surface area (Å²) in [4.78, 5) is 38.2. The summed E-state index contributed by atoms with van der Waals surface area (Å²) < 4.78 is 16.8. The largest absolute Gasteiger partial charge is 0.462 e. The lowest BCUT2D eigenvalue weighted by molar-refractivity contribution is -0.167. The van der Waals surface area contributed by atoms with Gasteiger partial charge in [0.25, 0.3) is 0 Å². The van der Waals surface area contributed by atoms with Gasteiger partial charge in [0.2, 0.25) is 0 Å². The van der Waals surface area contributed by atoms with E-state index in [0.29, 0.717) is 19.3 Å². The molecule has 0 spiro atoms. The number of allylic oxidation sites excluding steroid dienone is 14. The monoisotopic (exact) mass is 989 g/mol. The van der Waals surface area contributed by atoms with Crippen molar-refractivity contribution in [2.45, 2.75) is 297 Å². The van der Waals surface area contributed by atoms with Gasteiger partial charge in [-0.25, -0.2) is 0 Å². The van der Waals surface area contributed by atoms with Gasteiger partial charge in [-0.2, -0.15) is 0 Å². The summed E-state index contributed by atoms with van der Waals surface area (Å²) in [6.07, 6.45) is 77.2. The van der Waals surface area contributed by atoms with Crippen LogP contribution in [0.1, 0.15) is 290 Å². The van der Waals surface area contributed by atoms with Crippen molar-refractivity contribution in [3.8, 4) is 0 Å². The number of hydrogen-bond donors (Lipinski definition) is 0. The summed E-state index contributed by atoms with van der Waals surface area (Å²) in [7, 11) is 0. The van der Waals surface area contributed by atoms with Gasteiger partial charge < -0.3 is 14.2 Å². The van der Waals surface area contributed by atoms with Gasteiger partial charge >= 0.3 is 17.9 Å². The van der Waals surface area contributed by atoms with E-state index in [1.165, 1.54) is 167 Å². The lowest BCUT2D eigenvalue weighted by atomic mass is 10.1. The zero-order valence-electron chi connectivity index (χ0n) is 46.7. The number of unbranched alkanes of at least 4 members (excludes halogenated alkanes) is 29. The van der Waals surface area contributed by atoms with Crippen LogP contribution in [0.2, 0.25) is 0 Å².